The first-order valence-electron chi connectivity index (χ1n) is 6.67. The molecule has 1 heterocycles. The Hall–Kier alpha value is -2.13. The standard InChI is InChI=1S/C17H17NO2/c1-18-15(12-6-4-3-5-7-12)16(18)17(19)13-8-10-14(20-2)11-9-13/h3-11,15-16H,1-2H3/t15-,16+,18?/m1/s1. The van der Waals surface area contributed by atoms with Gasteiger partial charge in [0.1, 0.15) is 5.75 Å². The molecule has 0 amide bonds. The maximum absolute atomic E-state index is 12.5. The third-order valence-electron chi connectivity index (χ3n) is 3.87. The van der Waals surface area contributed by atoms with Crippen molar-refractivity contribution in [3.8, 4) is 5.75 Å². The Morgan fingerprint density at radius 2 is 1.70 bits per heavy atom. The van der Waals surface area contributed by atoms with E-state index in [0.717, 1.165) is 11.3 Å². The SMILES string of the molecule is COc1ccc(C(=O)[C@@H]2[C@@H](c3ccccc3)N2C)cc1. The van der Waals surface area contributed by atoms with Crippen LogP contribution in [0.25, 0.3) is 0 Å². The molecule has 0 bridgehead atoms. The second kappa shape index (κ2) is 5.10. The lowest BCUT2D eigenvalue weighted by molar-refractivity contribution is 0.0977. The van der Waals surface area contributed by atoms with Gasteiger partial charge in [0.15, 0.2) is 5.78 Å². The van der Waals surface area contributed by atoms with Gasteiger partial charge in [0.05, 0.1) is 19.2 Å². The molecule has 3 rings (SSSR count). The van der Waals surface area contributed by atoms with Crippen molar-refractivity contribution in [3.05, 3.63) is 65.7 Å². The number of Topliss-reactive ketones (excluding diaryl/α,β-unsaturated/α-hetero) is 1. The second-order valence-corrected chi connectivity index (χ2v) is 5.06. The highest BCUT2D eigenvalue weighted by atomic mass is 16.5. The predicted octanol–water partition coefficient (Wildman–Crippen LogP) is 2.93. The van der Waals surface area contributed by atoms with Gasteiger partial charge >= 0.3 is 0 Å². The zero-order chi connectivity index (χ0) is 14.1. The summed E-state index contributed by atoms with van der Waals surface area (Å²) in [5, 5.41) is 0. The molecule has 20 heavy (non-hydrogen) atoms. The molecule has 0 radical (unpaired) electrons. The molecule has 0 aliphatic carbocycles. The average Bonchev–Trinajstić information content (AvgIpc) is 3.19. The molecular formula is C17H17NO2. The molecule has 1 saturated heterocycles. The first-order chi connectivity index (χ1) is 9.72. The number of carbonyl (C=O) groups excluding carboxylic acids is 1. The van der Waals surface area contributed by atoms with Gasteiger partial charge in [-0.15, -0.1) is 0 Å². The first-order valence-corrected chi connectivity index (χ1v) is 6.67. The van der Waals surface area contributed by atoms with Crippen LogP contribution in [0.4, 0.5) is 0 Å². The number of nitrogens with zero attached hydrogens (tertiary/aromatic N) is 1. The highest BCUT2D eigenvalue weighted by molar-refractivity contribution is 6.02. The van der Waals surface area contributed by atoms with Crippen LogP contribution in [0.1, 0.15) is 22.0 Å². The van der Waals surface area contributed by atoms with E-state index in [0.29, 0.717) is 0 Å². The van der Waals surface area contributed by atoms with Crippen LogP contribution in [-0.2, 0) is 0 Å². The first kappa shape index (κ1) is 12.9. The molecule has 3 atom stereocenters. The van der Waals surface area contributed by atoms with E-state index >= 15 is 0 Å². The minimum Gasteiger partial charge on any atom is -0.497 e. The molecule has 0 spiro atoms. The molecule has 0 saturated carbocycles. The molecule has 1 fully saturated rings. The van der Waals surface area contributed by atoms with Crippen molar-refractivity contribution in [1.82, 2.24) is 4.90 Å². The van der Waals surface area contributed by atoms with Crippen molar-refractivity contribution in [2.45, 2.75) is 12.1 Å². The number of ether oxygens (including phenoxy) is 1. The normalized spacial score (nSPS) is 24.2. The molecule has 3 nitrogen and oxygen atoms in total. The van der Waals surface area contributed by atoms with Crippen molar-refractivity contribution in [2.24, 2.45) is 0 Å². The van der Waals surface area contributed by atoms with Gasteiger partial charge in [0.25, 0.3) is 0 Å². The van der Waals surface area contributed by atoms with Crippen LogP contribution in [0.3, 0.4) is 0 Å². The third kappa shape index (κ3) is 2.21. The Kier molecular flexibility index (Phi) is 3.28. The summed E-state index contributed by atoms with van der Waals surface area (Å²) in [6.07, 6.45) is 0. The van der Waals surface area contributed by atoms with E-state index in [9.17, 15) is 4.79 Å². The van der Waals surface area contributed by atoms with E-state index in [1.165, 1.54) is 5.56 Å². The number of hydrogen-bond acceptors (Lipinski definition) is 3. The summed E-state index contributed by atoms with van der Waals surface area (Å²) in [6, 6.07) is 17.6. The van der Waals surface area contributed by atoms with E-state index in [-0.39, 0.29) is 17.9 Å². The van der Waals surface area contributed by atoms with Gasteiger partial charge in [-0.3, -0.25) is 9.69 Å². The van der Waals surface area contributed by atoms with Gasteiger partial charge < -0.3 is 4.74 Å². The van der Waals surface area contributed by atoms with E-state index < -0.39 is 0 Å². The second-order valence-electron chi connectivity index (χ2n) is 5.06. The fourth-order valence-electron chi connectivity index (χ4n) is 2.66. The fraction of sp³-hybridized carbons (Fsp3) is 0.235. The van der Waals surface area contributed by atoms with Gasteiger partial charge in [-0.1, -0.05) is 30.3 Å². The molecule has 0 aromatic heterocycles. The third-order valence-corrected chi connectivity index (χ3v) is 3.87. The maximum atomic E-state index is 12.5. The number of rotatable bonds is 4. The van der Waals surface area contributed by atoms with Crippen molar-refractivity contribution >= 4 is 5.78 Å². The molecule has 2 aromatic carbocycles. The van der Waals surface area contributed by atoms with Gasteiger partial charge in [0.2, 0.25) is 0 Å². The van der Waals surface area contributed by atoms with Crippen molar-refractivity contribution in [1.29, 1.82) is 0 Å². The molecule has 1 aliphatic rings. The average molecular weight is 267 g/mol. The Morgan fingerprint density at radius 3 is 2.30 bits per heavy atom. The largest absolute Gasteiger partial charge is 0.497 e. The van der Waals surface area contributed by atoms with Crippen LogP contribution in [0.2, 0.25) is 0 Å². The molecule has 1 aliphatic heterocycles. The highest BCUT2D eigenvalue weighted by Crippen LogP contribution is 2.42. The number of methoxy groups -OCH3 is 1. The van der Waals surface area contributed by atoms with Crippen molar-refractivity contribution in [3.63, 3.8) is 0 Å². The lowest BCUT2D eigenvalue weighted by Crippen LogP contribution is -2.11. The Morgan fingerprint density at radius 1 is 1.05 bits per heavy atom. The fourth-order valence-corrected chi connectivity index (χ4v) is 2.66. The quantitative estimate of drug-likeness (QED) is 0.630. The number of likely N-dealkylation sites (N-methyl/N-ethyl adjacent to an activating group) is 1. The van der Waals surface area contributed by atoms with E-state index in [4.69, 9.17) is 4.74 Å². The van der Waals surface area contributed by atoms with Gasteiger partial charge in [0, 0.05) is 5.56 Å². The number of benzene rings is 2. The summed E-state index contributed by atoms with van der Waals surface area (Å²) in [6.45, 7) is 0. The smallest absolute Gasteiger partial charge is 0.181 e. The Labute approximate surface area is 118 Å². The van der Waals surface area contributed by atoms with Crippen LogP contribution in [0, 0.1) is 0 Å². The number of carbonyl (C=O) groups is 1. The molecule has 1 unspecified atom stereocenters. The van der Waals surface area contributed by atoms with E-state index in [2.05, 4.69) is 17.0 Å². The molecule has 2 aromatic rings. The molecular weight excluding hydrogens is 250 g/mol. The Bertz CT molecular complexity index is 607. The zero-order valence-corrected chi connectivity index (χ0v) is 11.6. The van der Waals surface area contributed by atoms with Crippen LogP contribution >= 0.6 is 0 Å². The summed E-state index contributed by atoms with van der Waals surface area (Å²) in [7, 11) is 3.61. The number of ketones is 1. The summed E-state index contributed by atoms with van der Waals surface area (Å²) < 4.78 is 5.11. The zero-order valence-electron chi connectivity index (χ0n) is 11.6. The lowest BCUT2D eigenvalue weighted by atomic mass is 10.0. The number of hydrogen-bond donors (Lipinski definition) is 0. The van der Waals surface area contributed by atoms with Crippen molar-refractivity contribution < 1.29 is 9.53 Å². The monoisotopic (exact) mass is 267 g/mol. The van der Waals surface area contributed by atoms with Crippen molar-refractivity contribution in [2.75, 3.05) is 14.2 Å². The van der Waals surface area contributed by atoms with E-state index in [1.54, 1.807) is 7.11 Å². The van der Waals surface area contributed by atoms with Gasteiger partial charge in [-0.25, -0.2) is 0 Å². The summed E-state index contributed by atoms with van der Waals surface area (Å²) in [4.78, 5) is 14.6. The maximum Gasteiger partial charge on any atom is 0.181 e. The summed E-state index contributed by atoms with van der Waals surface area (Å²) in [5.41, 5.74) is 1.93. The lowest BCUT2D eigenvalue weighted by Gasteiger charge is -2.02. The molecule has 3 heteroatoms. The van der Waals surface area contributed by atoms with E-state index in [1.807, 2.05) is 49.5 Å². The van der Waals surface area contributed by atoms with Gasteiger partial charge in [-0.2, -0.15) is 0 Å². The van der Waals surface area contributed by atoms with Crippen LogP contribution in [0.5, 0.6) is 5.75 Å². The Balaban J connectivity index is 1.78. The minimum atomic E-state index is -0.0502. The topological polar surface area (TPSA) is 29.3 Å². The predicted molar refractivity (Wildman–Crippen MR) is 78.1 cm³/mol. The summed E-state index contributed by atoms with van der Waals surface area (Å²) >= 11 is 0. The molecule has 102 valence electrons. The van der Waals surface area contributed by atoms with Crippen LogP contribution in [-0.4, -0.2) is 30.9 Å². The van der Waals surface area contributed by atoms with Crippen LogP contribution in [0.15, 0.2) is 54.6 Å². The minimum absolute atomic E-state index is 0.0502. The van der Waals surface area contributed by atoms with Crippen LogP contribution < -0.4 is 4.74 Å². The van der Waals surface area contributed by atoms with Gasteiger partial charge in [-0.05, 0) is 36.9 Å². The summed E-state index contributed by atoms with van der Waals surface area (Å²) in [5.74, 6) is 0.939. The highest BCUT2D eigenvalue weighted by Gasteiger charge is 2.50. The molecule has 0 N–H and O–H groups in total.